The lowest BCUT2D eigenvalue weighted by Crippen LogP contribution is -2.37. The number of nitrogens with zero attached hydrogens (tertiary/aromatic N) is 3. The third-order valence-corrected chi connectivity index (χ3v) is 6.66. The smallest absolute Gasteiger partial charge is 0.414 e. The van der Waals surface area contributed by atoms with Crippen LogP contribution in [0, 0.1) is 11.7 Å². The SMILES string of the molecule is CCN1CCCC(COc2ccc(Nc3nccc(OC(=O)NCc4ccc5c(c4)COCO5)n3)cc2F)C1. The molecule has 0 aliphatic carbocycles. The molecule has 206 valence electrons. The van der Waals surface area contributed by atoms with E-state index in [9.17, 15) is 9.18 Å². The number of likely N-dealkylation sites (tertiary alicyclic amines) is 1. The van der Waals surface area contributed by atoms with E-state index in [2.05, 4.69) is 32.4 Å². The van der Waals surface area contributed by atoms with E-state index in [1.165, 1.54) is 18.3 Å². The van der Waals surface area contributed by atoms with Gasteiger partial charge in [0.05, 0.1) is 13.2 Å². The van der Waals surface area contributed by atoms with Crippen LogP contribution < -0.4 is 24.8 Å². The molecular formula is C28H32FN5O5. The lowest BCUT2D eigenvalue weighted by molar-refractivity contribution is -0.0164. The van der Waals surface area contributed by atoms with E-state index in [1.807, 2.05) is 18.2 Å². The van der Waals surface area contributed by atoms with Crippen LogP contribution in [-0.2, 0) is 17.9 Å². The van der Waals surface area contributed by atoms with Crippen LogP contribution in [0.1, 0.15) is 30.9 Å². The molecule has 2 aliphatic heterocycles. The molecule has 1 amide bonds. The van der Waals surface area contributed by atoms with Gasteiger partial charge >= 0.3 is 6.09 Å². The van der Waals surface area contributed by atoms with Crippen molar-refractivity contribution in [2.45, 2.75) is 32.9 Å². The van der Waals surface area contributed by atoms with Gasteiger partial charge in [0.2, 0.25) is 11.8 Å². The molecule has 3 heterocycles. The van der Waals surface area contributed by atoms with E-state index >= 15 is 0 Å². The average molecular weight is 538 g/mol. The number of carbonyl (C=O) groups excluding carboxylic acids is 1. The molecule has 39 heavy (non-hydrogen) atoms. The molecule has 2 aliphatic rings. The number of halogens is 1. The maximum Gasteiger partial charge on any atom is 0.414 e. The highest BCUT2D eigenvalue weighted by Gasteiger charge is 2.20. The van der Waals surface area contributed by atoms with Crippen LogP contribution in [0.5, 0.6) is 17.4 Å². The predicted octanol–water partition coefficient (Wildman–Crippen LogP) is 4.63. The summed E-state index contributed by atoms with van der Waals surface area (Å²) in [5.74, 6) is 1.11. The summed E-state index contributed by atoms with van der Waals surface area (Å²) in [6.07, 6.45) is 3.00. The van der Waals surface area contributed by atoms with Gasteiger partial charge in [-0.15, -0.1) is 0 Å². The van der Waals surface area contributed by atoms with Gasteiger partial charge in [0.1, 0.15) is 5.75 Å². The fourth-order valence-corrected chi connectivity index (χ4v) is 4.62. The highest BCUT2D eigenvalue weighted by atomic mass is 19.1. The maximum atomic E-state index is 14.7. The Balaban J connectivity index is 1.11. The van der Waals surface area contributed by atoms with Crippen molar-refractivity contribution < 1.29 is 28.1 Å². The summed E-state index contributed by atoms with van der Waals surface area (Å²) in [6.45, 7) is 6.70. The summed E-state index contributed by atoms with van der Waals surface area (Å²) in [5, 5.41) is 5.62. The molecule has 1 aromatic heterocycles. The summed E-state index contributed by atoms with van der Waals surface area (Å²) >= 11 is 0. The molecule has 1 saturated heterocycles. The van der Waals surface area contributed by atoms with Gasteiger partial charge in [-0.3, -0.25) is 0 Å². The molecule has 0 saturated carbocycles. The minimum Gasteiger partial charge on any atom is -0.490 e. The summed E-state index contributed by atoms with van der Waals surface area (Å²) in [5.41, 5.74) is 2.24. The van der Waals surface area contributed by atoms with Gasteiger partial charge in [-0.2, -0.15) is 4.98 Å². The summed E-state index contributed by atoms with van der Waals surface area (Å²) in [6, 6.07) is 11.7. The number of fused-ring (bicyclic) bond motifs is 1. The quantitative estimate of drug-likeness (QED) is 0.404. The number of amides is 1. The highest BCUT2D eigenvalue weighted by molar-refractivity contribution is 5.70. The molecule has 5 rings (SSSR count). The molecule has 1 unspecified atom stereocenters. The maximum absolute atomic E-state index is 14.7. The van der Waals surface area contributed by atoms with Crippen LogP contribution >= 0.6 is 0 Å². The van der Waals surface area contributed by atoms with Crippen molar-refractivity contribution in [3.05, 3.63) is 65.6 Å². The molecule has 1 atom stereocenters. The lowest BCUT2D eigenvalue weighted by Gasteiger charge is -2.31. The van der Waals surface area contributed by atoms with E-state index in [0.717, 1.165) is 49.4 Å². The van der Waals surface area contributed by atoms with Gasteiger partial charge in [-0.25, -0.2) is 14.2 Å². The van der Waals surface area contributed by atoms with Crippen molar-refractivity contribution in [3.8, 4) is 17.4 Å². The van der Waals surface area contributed by atoms with Crippen LogP contribution in [0.2, 0.25) is 0 Å². The van der Waals surface area contributed by atoms with Crippen LogP contribution in [-0.4, -0.2) is 54.0 Å². The Hall–Kier alpha value is -3.96. The molecule has 2 aromatic carbocycles. The lowest BCUT2D eigenvalue weighted by atomic mass is 9.99. The number of hydrogen-bond acceptors (Lipinski definition) is 9. The molecule has 0 bridgehead atoms. The van der Waals surface area contributed by atoms with E-state index in [4.69, 9.17) is 18.9 Å². The number of carbonyl (C=O) groups is 1. The molecular weight excluding hydrogens is 505 g/mol. The summed E-state index contributed by atoms with van der Waals surface area (Å²) in [7, 11) is 0. The zero-order valence-electron chi connectivity index (χ0n) is 21.8. The Kier molecular flexibility index (Phi) is 8.69. The zero-order chi connectivity index (χ0) is 27.0. The topological polar surface area (TPSA) is 107 Å². The van der Waals surface area contributed by atoms with Crippen LogP contribution in [0.4, 0.5) is 20.8 Å². The first-order valence-corrected chi connectivity index (χ1v) is 13.1. The Labute approximate surface area is 226 Å². The van der Waals surface area contributed by atoms with Gasteiger partial charge in [0.15, 0.2) is 18.4 Å². The van der Waals surface area contributed by atoms with Crippen LogP contribution in [0.3, 0.4) is 0 Å². The number of anilines is 2. The number of benzene rings is 2. The van der Waals surface area contributed by atoms with Gasteiger partial charge < -0.3 is 34.5 Å². The minimum atomic E-state index is -0.669. The first-order chi connectivity index (χ1) is 19.1. The van der Waals surface area contributed by atoms with Gasteiger partial charge in [-0.05, 0) is 55.8 Å². The van der Waals surface area contributed by atoms with E-state index in [-0.39, 0.29) is 30.9 Å². The second-order valence-corrected chi connectivity index (χ2v) is 9.50. The summed E-state index contributed by atoms with van der Waals surface area (Å²) < 4.78 is 36.5. The van der Waals surface area contributed by atoms with Crippen molar-refractivity contribution in [1.82, 2.24) is 20.2 Å². The van der Waals surface area contributed by atoms with Crippen molar-refractivity contribution in [2.24, 2.45) is 5.92 Å². The molecule has 11 heteroatoms. The fourth-order valence-electron chi connectivity index (χ4n) is 4.62. The monoisotopic (exact) mass is 537 g/mol. The third kappa shape index (κ3) is 7.33. The molecule has 0 radical (unpaired) electrons. The van der Waals surface area contributed by atoms with Crippen LogP contribution in [0.25, 0.3) is 0 Å². The van der Waals surface area contributed by atoms with Crippen molar-refractivity contribution in [3.63, 3.8) is 0 Å². The standard InChI is InChI=1S/C28H32FN5O5/c1-2-34-11-3-4-20(15-34)16-37-25-8-6-22(13-23(25)29)32-27-30-10-9-26(33-27)39-28(35)31-14-19-5-7-24-21(12-19)17-36-18-38-24/h5-10,12-13,20H,2-4,11,14-18H2,1H3,(H,31,35)(H,30,32,33). The number of rotatable bonds is 9. The average Bonchev–Trinajstić information content (AvgIpc) is 2.96. The summed E-state index contributed by atoms with van der Waals surface area (Å²) in [4.78, 5) is 23.0. The Bertz CT molecular complexity index is 1290. The number of hydrogen-bond donors (Lipinski definition) is 2. The number of aromatic nitrogens is 2. The van der Waals surface area contributed by atoms with Crippen molar-refractivity contribution >= 4 is 17.7 Å². The Morgan fingerprint density at radius 1 is 1.23 bits per heavy atom. The van der Waals surface area contributed by atoms with Gasteiger partial charge in [0, 0.05) is 48.6 Å². The second kappa shape index (κ2) is 12.7. The van der Waals surface area contributed by atoms with Gasteiger partial charge in [-0.1, -0.05) is 13.0 Å². The first-order valence-electron chi connectivity index (χ1n) is 13.1. The van der Waals surface area contributed by atoms with Crippen LogP contribution in [0.15, 0.2) is 48.7 Å². The largest absolute Gasteiger partial charge is 0.490 e. The van der Waals surface area contributed by atoms with Crippen molar-refractivity contribution in [2.75, 3.05) is 38.4 Å². The molecule has 10 nitrogen and oxygen atoms in total. The molecule has 2 N–H and O–H groups in total. The van der Waals surface area contributed by atoms with Crippen molar-refractivity contribution in [1.29, 1.82) is 0 Å². The third-order valence-electron chi connectivity index (χ3n) is 6.66. The molecule has 3 aromatic rings. The highest BCUT2D eigenvalue weighted by Crippen LogP contribution is 2.26. The van der Waals surface area contributed by atoms with Gasteiger partial charge in [0.25, 0.3) is 0 Å². The zero-order valence-corrected chi connectivity index (χ0v) is 21.8. The predicted molar refractivity (Wildman–Crippen MR) is 142 cm³/mol. The van der Waals surface area contributed by atoms with E-state index < -0.39 is 11.9 Å². The number of piperidine rings is 1. The minimum absolute atomic E-state index is 0.0475. The Morgan fingerprint density at radius 3 is 3.03 bits per heavy atom. The molecule has 0 spiro atoms. The Morgan fingerprint density at radius 2 is 2.15 bits per heavy atom. The fraction of sp³-hybridized carbons (Fsp3) is 0.393. The first kappa shape index (κ1) is 26.6. The second-order valence-electron chi connectivity index (χ2n) is 9.50. The van der Waals surface area contributed by atoms with E-state index in [0.29, 0.717) is 24.8 Å². The normalized spacial score (nSPS) is 17.0. The van der Waals surface area contributed by atoms with E-state index in [1.54, 1.807) is 12.1 Å². The number of nitrogens with one attached hydrogen (secondary N) is 2. The molecule has 1 fully saturated rings. The number of ether oxygens (including phenoxy) is 4.